The second-order valence-electron chi connectivity index (χ2n) is 13.4. The Labute approximate surface area is 246 Å². The maximum Gasteiger partial charge on any atom is 0.261 e. The topological polar surface area (TPSA) is 30.9 Å². The maximum absolute atomic E-state index is 14.4. The molecule has 1 atom stereocenters. The lowest BCUT2D eigenvalue weighted by molar-refractivity contribution is -0.195. The van der Waals surface area contributed by atoms with Gasteiger partial charge in [-0.15, -0.1) is 0 Å². The molecule has 2 heterocycles. The predicted molar refractivity (Wildman–Crippen MR) is 164 cm³/mol. The van der Waals surface area contributed by atoms with E-state index < -0.39 is 14.1 Å². The van der Waals surface area contributed by atoms with Gasteiger partial charge in [-0.25, -0.2) is 4.39 Å². The quantitative estimate of drug-likeness (QED) is 0.308. The molecule has 0 unspecified atom stereocenters. The lowest BCUT2D eigenvalue weighted by Gasteiger charge is -2.48. The Kier molecular flexibility index (Phi) is 7.75. The third-order valence-electron chi connectivity index (χ3n) is 9.72. The molecular weight excluding hydrogens is 529 g/mol. The summed E-state index contributed by atoms with van der Waals surface area (Å²) in [4.78, 5) is 2.61. The number of nitrogens with zero attached hydrogens (tertiary/aromatic N) is 1. The van der Waals surface area contributed by atoms with Crippen LogP contribution >= 0.6 is 0 Å². The summed E-state index contributed by atoms with van der Waals surface area (Å²) in [6, 6.07) is 27.1. The summed E-state index contributed by atoms with van der Waals surface area (Å²) in [5.41, 5.74) is 2.29. The van der Waals surface area contributed by atoms with Crippen LogP contribution in [0.5, 0.6) is 0 Å². The number of hydrogen-bond donors (Lipinski definition) is 0. The number of benzene rings is 3. The number of rotatable bonds is 7. The van der Waals surface area contributed by atoms with Gasteiger partial charge in [-0.2, -0.15) is 0 Å². The molecule has 3 aromatic carbocycles. The highest BCUT2D eigenvalue weighted by atomic mass is 28.4. The minimum Gasteiger partial charge on any atom is -0.407 e. The first kappa shape index (κ1) is 28.8. The van der Waals surface area contributed by atoms with E-state index in [1.165, 1.54) is 15.9 Å². The van der Waals surface area contributed by atoms with Gasteiger partial charge in [0.2, 0.25) is 0 Å². The molecule has 0 bridgehead atoms. The Hall–Kier alpha value is -2.35. The van der Waals surface area contributed by atoms with E-state index in [1.54, 1.807) is 12.1 Å². The van der Waals surface area contributed by atoms with Crippen LogP contribution in [0.3, 0.4) is 0 Å². The van der Waals surface area contributed by atoms with E-state index in [0.29, 0.717) is 25.7 Å². The molecule has 0 aromatic heterocycles. The predicted octanol–water partition coefficient (Wildman–Crippen LogP) is 6.37. The molecule has 3 aliphatic rings. The third kappa shape index (κ3) is 5.12. The van der Waals surface area contributed by atoms with Crippen molar-refractivity contribution in [1.29, 1.82) is 0 Å². The van der Waals surface area contributed by atoms with Gasteiger partial charge in [-0.3, -0.25) is 4.90 Å². The van der Waals surface area contributed by atoms with E-state index in [0.717, 1.165) is 44.3 Å². The van der Waals surface area contributed by atoms with Crippen LogP contribution in [-0.2, 0) is 26.0 Å². The minimum atomic E-state index is -2.61. The average Bonchev–Trinajstić information content (AvgIpc) is 3.53. The Balaban J connectivity index is 1.26. The van der Waals surface area contributed by atoms with Gasteiger partial charge < -0.3 is 13.9 Å². The molecule has 1 saturated heterocycles. The van der Waals surface area contributed by atoms with Crippen molar-refractivity contribution in [3.8, 4) is 0 Å². The molecule has 0 radical (unpaired) electrons. The normalized spacial score (nSPS) is 20.9. The summed E-state index contributed by atoms with van der Waals surface area (Å²) >= 11 is 0. The second-order valence-corrected chi connectivity index (χ2v) is 17.7. The van der Waals surface area contributed by atoms with Gasteiger partial charge in [0.1, 0.15) is 5.82 Å². The standard InChI is InChI=1S/C35H44FNO3Si/c1-27(26-40-41(33(2,3)4,30-11-7-5-8-12-30)31-13-9-6-10-14-31)24-37-25-28-23-29(36)15-16-32(28)34(37)17-19-35(20-18-34)38-21-22-39-35/h5-16,23,27H,17-22,24-26H2,1-4H3/t27-/m1/s1. The van der Waals surface area contributed by atoms with E-state index in [9.17, 15) is 4.39 Å². The smallest absolute Gasteiger partial charge is 0.261 e. The summed E-state index contributed by atoms with van der Waals surface area (Å²) in [5.74, 6) is -0.293. The van der Waals surface area contributed by atoms with Crippen molar-refractivity contribution < 1.29 is 18.3 Å². The molecule has 41 heavy (non-hydrogen) atoms. The molecule has 0 N–H and O–H groups in total. The maximum atomic E-state index is 14.4. The van der Waals surface area contributed by atoms with Crippen LogP contribution in [0.15, 0.2) is 78.9 Å². The van der Waals surface area contributed by atoms with E-state index in [4.69, 9.17) is 13.9 Å². The van der Waals surface area contributed by atoms with Crippen molar-refractivity contribution >= 4 is 18.7 Å². The summed E-state index contributed by atoms with van der Waals surface area (Å²) in [6.07, 6.45) is 3.64. The number of halogens is 1. The molecule has 1 saturated carbocycles. The molecule has 0 amide bonds. The van der Waals surface area contributed by atoms with E-state index in [2.05, 4.69) is 93.3 Å². The molecule has 1 aliphatic carbocycles. The van der Waals surface area contributed by atoms with Gasteiger partial charge >= 0.3 is 0 Å². The van der Waals surface area contributed by atoms with Crippen LogP contribution in [0.25, 0.3) is 0 Å². The largest absolute Gasteiger partial charge is 0.407 e. The molecule has 6 heteroatoms. The fraction of sp³-hybridized carbons (Fsp3) is 0.486. The first-order chi connectivity index (χ1) is 19.7. The van der Waals surface area contributed by atoms with Gasteiger partial charge in [0, 0.05) is 38.1 Å². The third-order valence-corrected chi connectivity index (χ3v) is 14.7. The van der Waals surface area contributed by atoms with Gasteiger partial charge in [-0.05, 0) is 57.4 Å². The summed E-state index contributed by atoms with van der Waals surface area (Å²) in [7, 11) is -2.61. The van der Waals surface area contributed by atoms with Crippen molar-refractivity contribution in [3.05, 3.63) is 95.8 Å². The van der Waals surface area contributed by atoms with Gasteiger partial charge in [-0.1, -0.05) is 94.4 Å². The van der Waals surface area contributed by atoms with Crippen LogP contribution in [0, 0.1) is 11.7 Å². The summed E-state index contributed by atoms with van der Waals surface area (Å²) in [6.45, 7) is 13.0. The summed E-state index contributed by atoms with van der Waals surface area (Å²) < 4.78 is 33.8. The monoisotopic (exact) mass is 573 g/mol. The van der Waals surface area contributed by atoms with Crippen LogP contribution in [0.2, 0.25) is 5.04 Å². The van der Waals surface area contributed by atoms with E-state index >= 15 is 0 Å². The average molecular weight is 574 g/mol. The zero-order chi connectivity index (χ0) is 28.7. The SMILES string of the molecule is C[C@@H](CO[Si](c1ccccc1)(c1ccccc1)C(C)(C)C)CN1Cc2cc(F)ccc2C12CCC1(CC2)OCCO1. The fourth-order valence-electron chi connectivity index (χ4n) is 7.79. The molecule has 2 aliphatic heterocycles. The van der Waals surface area contributed by atoms with Crippen molar-refractivity contribution in [2.24, 2.45) is 5.92 Å². The lowest BCUT2D eigenvalue weighted by atomic mass is 9.74. The molecule has 4 nitrogen and oxygen atoms in total. The van der Waals surface area contributed by atoms with Crippen LogP contribution in [0.1, 0.15) is 64.5 Å². The van der Waals surface area contributed by atoms with Crippen molar-refractivity contribution in [1.82, 2.24) is 4.90 Å². The Morgan fingerprint density at radius 2 is 1.46 bits per heavy atom. The highest BCUT2D eigenvalue weighted by Crippen LogP contribution is 2.53. The van der Waals surface area contributed by atoms with E-state index in [-0.39, 0.29) is 16.4 Å². The Morgan fingerprint density at radius 1 is 0.878 bits per heavy atom. The van der Waals surface area contributed by atoms with Gasteiger partial charge in [0.25, 0.3) is 8.32 Å². The zero-order valence-corrected chi connectivity index (χ0v) is 26.0. The molecule has 2 spiro atoms. The van der Waals surface area contributed by atoms with Gasteiger partial charge in [0.15, 0.2) is 5.79 Å². The van der Waals surface area contributed by atoms with Crippen LogP contribution in [0.4, 0.5) is 4.39 Å². The lowest BCUT2D eigenvalue weighted by Crippen LogP contribution is -2.67. The highest BCUT2D eigenvalue weighted by Gasteiger charge is 2.53. The molecule has 2 fully saturated rings. The Bertz CT molecular complexity index is 1290. The molecule has 3 aromatic rings. The number of ether oxygens (including phenoxy) is 2. The number of fused-ring (bicyclic) bond motifs is 2. The molecule has 6 rings (SSSR count). The van der Waals surface area contributed by atoms with E-state index in [1.807, 2.05) is 6.07 Å². The first-order valence-corrected chi connectivity index (χ1v) is 17.2. The molecule has 218 valence electrons. The minimum absolute atomic E-state index is 0.0585. The van der Waals surface area contributed by atoms with Crippen molar-refractivity contribution in [3.63, 3.8) is 0 Å². The van der Waals surface area contributed by atoms with Gasteiger partial charge in [0.05, 0.1) is 13.2 Å². The molecular formula is C35H44FNO3Si. The fourth-order valence-corrected chi connectivity index (χ4v) is 12.5. The highest BCUT2D eigenvalue weighted by molar-refractivity contribution is 6.99. The van der Waals surface area contributed by atoms with Crippen molar-refractivity contribution in [2.75, 3.05) is 26.4 Å². The number of hydrogen-bond acceptors (Lipinski definition) is 4. The van der Waals surface area contributed by atoms with Crippen molar-refractivity contribution in [2.45, 2.75) is 76.3 Å². The summed E-state index contributed by atoms with van der Waals surface area (Å²) in [5, 5.41) is 2.55. The Morgan fingerprint density at radius 3 is 2.02 bits per heavy atom. The van der Waals surface area contributed by atoms with Crippen LogP contribution in [-0.4, -0.2) is 45.4 Å². The second kappa shape index (κ2) is 11.0. The first-order valence-electron chi connectivity index (χ1n) is 15.2. The zero-order valence-electron chi connectivity index (χ0n) is 25.0. The van der Waals surface area contributed by atoms with Crippen LogP contribution < -0.4 is 10.4 Å².